The highest BCUT2D eigenvalue weighted by Crippen LogP contribution is 2.32. The van der Waals surface area contributed by atoms with Crippen molar-refractivity contribution in [1.82, 2.24) is 8.87 Å². The van der Waals surface area contributed by atoms with Crippen LogP contribution in [0.25, 0.3) is 0 Å². The first-order valence-corrected chi connectivity index (χ1v) is 11.7. The molecule has 0 N–H and O–H groups in total. The van der Waals surface area contributed by atoms with E-state index in [1.807, 2.05) is 0 Å². The third-order valence-corrected chi connectivity index (χ3v) is 7.71. The molecule has 2 aliphatic heterocycles. The first-order valence-electron chi connectivity index (χ1n) is 10.3. The van der Waals surface area contributed by atoms with Gasteiger partial charge in [0, 0.05) is 37.6 Å². The van der Waals surface area contributed by atoms with Gasteiger partial charge in [0.2, 0.25) is 15.9 Å². The van der Waals surface area contributed by atoms with E-state index >= 15 is 0 Å². The Hall–Kier alpha value is -2.66. The van der Waals surface area contributed by atoms with E-state index in [4.69, 9.17) is 0 Å². The number of pyridine rings is 1. The van der Waals surface area contributed by atoms with Gasteiger partial charge in [0.15, 0.2) is 0 Å². The molecule has 0 bridgehead atoms. The first-order chi connectivity index (χ1) is 15.1. The van der Waals surface area contributed by atoms with Crippen LogP contribution in [-0.4, -0.2) is 42.8 Å². The summed E-state index contributed by atoms with van der Waals surface area (Å²) < 4.78 is 66.8. The van der Waals surface area contributed by atoms with E-state index in [-0.39, 0.29) is 11.4 Å². The third kappa shape index (κ3) is 4.31. The molecule has 0 unspecified atom stereocenters. The lowest BCUT2D eigenvalue weighted by Crippen LogP contribution is -2.36. The van der Waals surface area contributed by atoms with Crippen molar-refractivity contribution in [2.45, 2.75) is 43.3 Å². The highest BCUT2D eigenvalue weighted by molar-refractivity contribution is 7.89. The van der Waals surface area contributed by atoms with Crippen molar-refractivity contribution < 1.29 is 26.4 Å². The fourth-order valence-electron chi connectivity index (χ4n) is 4.11. The van der Waals surface area contributed by atoms with Gasteiger partial charge in [-0.3, -0.25) is 9.59 Å². The molecule has 11 heteroatoms. The van der Waals surface area contributed by atoms with Gasteiger partial charge >= 0.3 is 6.18 Å². The van der Waals surface area contributed by atoms with Crippen LogP contribution in [0.15, 0.2) is 46.2 Å². The van der Waals surface area contributed by atoms with Gasteiger partial charge in [0.25, 0.3) is 5.56 Å². The second-order valence-corrected chi connectivity index (χ2v) is 9.87. The van der Waals surface area contributed by atoms with Gasteiger partial charge in [-0.1, -0.05) is 6.42 Å². The molecule has 1 aromatic heterocycles. The van der Waals surface area contributed by atoms with Gasteiger partial charge < -0.3 is 9.47 Å². The third-order valence-electron chi connectivity index (χ3n) is 5.82. The van der Waals surface area contributed by atoms with E-state index in [9.17, 15) is 31.2 Å². The van der Waals surface area contributed by atoms with Gasteiger partial charge in [-0.05, 0) is 49.1 Å². The zero-order valence-corrected chi connectivity index (χ0v) is 18.0. The summed E-state index contributed by atoms with van der Waals surface area (Å²) in [6.07, 6.45) is -0.937. The second kappa shape index (κ2) is 8.36. The highest BCUT2D eigenvalue weighted by atomic mass is 32.2. The zero-order chi connectivity index (χ0) is 23.1. The molecule has 172 valence electrons. The first kappa shape index (κ1) is 22.5. The summed E-state index contributed by atoms with van der Waals surface area (Å²) in [5.74, 6) is -0.545. The molecular weight excluding hydrogens is 447 g/mol. The lowest BCUT2D eigenvalue weighted by Gasteiger charge is -2.26. The van der Waals surface area contributed by atoms with Crippen molar-refractivity contribution in [3.63, 3.8) is 0 Å². The minimum absolute atomic E-state index is 0.168. The van der Waals surface area contributed by atoms with Crippen molar-refractivity contribution in [1.29, 1.82) is 0 Å². The molecule has 2 aliphatic rings. The fourth-order valence-corrected chi connectivity index (χ4v) is 5.67. The van der Waals surface area contributed by atoms with Gasteiger partial charge in [0.1, 0.15) is 6.54 Å². The molecule has 0 radical (unpaired) electrons. The van der Waals surface area contributed by atoms with Crippen molar-refractivity contribution in [3.8, 4) is 0 Å². The maximum atomic E-state index is 12.9. The number of hydrogen-bond acceptors (Lipinski definition) is 4. The summed E-state index contributed by atoms with van der Waals surface area (Å²) in [5, 5.41) is 0. The van der Waals surface area contributed by atoms with Crippen LogP contribution in [0.4, 0.5) is 18.9 Å². The molecular formula is C21H22F3N3O4S. The molecule has 1 amide bonds. The number of piperidine rings is 1. The van der Waals surface area contributed by atoms with Gasteiger partial charge in [-0.2, -0.15) is 17.5 Å². The van der Waals surface area contributed by atoms with E-state index in [0.29, 0.717) is 43.0 Å². The van der Waals surface area contributed by atoms with E-state index in [1.165, 1.54) is 15.3 Å². The predicted octanol–water partition coefficient (Wildman–Crippen LogP) is 2.63. The summed E-state index contributed by atoms with van der Waals surface area (Å²) in [4.78, 5) is 26.3. The predicted molar refractivity (Wildman–Crippen MR) is 111 cm³/mol. The molecule has 2 aromatic rings. The van der Waals surface area contributed by atoms with E-state index in [2.05, 4.69) is 0 Å². The summed E-state index contributed by atoms with van der Waals surface area (Å²) >= 11 is 0. The van der Waals surface area contributed by atoms with Crippen LogP contribution in [0.1, 0.15) is 30.4 Å². The Morgan fingerprint density at radius 1 is 1.00 bits per heavy atom. The van der Waals surface area contributed by atoms with Gasteiger partial charge in [-0.15, -0.1) is 0 Å². The number of carbonyl (C=O) groups excluding carboxylic acids is 1. The number of alkyl halides is 3. The van der Waals surface area contributed by atoms with Crippen LogP contribution >= 0.6 is 0 Å². The molecule has 1 fully saturated rings. The minimum Gasteiger partial charge on any atom is -0.310 e. The molecule has 1 aromatic carbocycles. The number of nitrogens with zero attached hydrogens (tertiary/aromatic N) is 3. The van der Waals surface area contributed by atoms with Crippen LogP contribution in [0.2, 0.25) is 0 Å². The number of sulfonamides is 1. The number of benzene rings is 1. The number of carbonyl (C=O) groups is 1. The van der Waals surface area contributed by atoms with Crippen molar-refractivity contribution in [2.24, 2.45) is 0 Å². The topological polar surface area (TPSA) is 79.7 Å². The average Bonchev–Trinajstić information content (AvgIpc) is 3.18. The molecule has 4 rings (SSSR count). The Morgan fingerprint density at radius 3 is 2.41 bits per heavy atom. The zero-order valence-electron chi connectivity index (χ0n) is 17.1. The van der Waals surface area contributed by atoms with Gasteiger partial charge in [-0.25, -0.2) is 8.42 Å². The van der Waals surface area contributed by atoms with Crippen molar-refractivity contribution >= 4 is 21.6 Å². The molecule has 3 heterocycles. The number of anilines is 1. The summed E-state index contributed by atoms with van der Waals surface area (Å²) in [6, 6.07) is 6.02. The molecule has 0 atom stereocenters. The fraction of sp³-hybridized carbons (Fsp3) is 0.429. The number of halogens is 3. The number of aromatic nitrogens is 1. The Morgan fingerprint density at radius 2 is 1.72 bits per heavy atom. The Kier molecular flexibility index (Phi) is 5.89. The normalized spacial score (nSPS) is 17.4. The van der Waals surface area contributed by atoms with Crippen LogP contribution in [0.3, 0.4) is 0 Å². The van der Waals surface area contributed by atoms with Crippen LogP contribution in [0.5, 0.6) is 0 Å². The molecule has 32 heavy (non-hydrogen) atoms. The smallest absolute Gasteiger partial charge is 0.310 e. The van der Waals surface area contributed by atoms with Gasteiger partial charge in [0.05, 0.1) is 10.5 Å². The molecule has 1 saturated heterocycles. The van der Waals surface area contributed by atoms with Crippen LogP contribution in [-0.2, 0) is 34.0 Å². The van der Waals surface area contributed by atoms with E-state index < -0.39 is 39.8 Å². The van der Waals surface area contributed by atoms with Crippen LogP contribution < -0.4 is 10.5 Å². The summed E-state index contributed by atoms with van der Waals surface area (Å²) in [5.41, 5.74) is -0.548. The number of rotatable bonds is 4. The lowest BCUT2D eigenvalue weighted by atomic mass is 10.2. The standard InChI is InChI=1S/C21H22F3N3O4S/c22-21(23,24)16-4-7-19(28)25(13-16)14-20(29)27-11-8-15-12-17(5-6-18(15)27)32(30,31)26-9-2-1-3-10-26/h4-7,12-13H,1-3,8-11,14H2. The largest absolute Gasteiger partial charge is 0.417 e. The summed E-state index contributed by atoms with van der Waals surface area (Å²) in [7, 11) is -3.62. The molecule has 7 nitrogen and oxygen atoms in total. The SMILES string of the molecule is O=C(Cn1cc(C(F)(F)F)ccc1=O)N1CCc2cc(S(=O)(=O)N3CCCCC3)ccc21. The van der Waals surface area contributed by atoms with Crippen molar-refractivity contribution in [2.75, 3.05) is 24.5 Å². The Labute approximate surface area is 183 Å². The van der Waals surface area contributed by atoms with E-state index in [0.717, 1.165) is 29.9 Å². The molecule has 0 aliphatic carbocycles. The monoisotopic (exact) mass is 469 g/mol. The summed E-state index contributed by atoms with van der Waals surface area (Å²) in [6.45, 7) is 0.677. The number of amides is 1. The highest BCUT2D eigenvalue weighted by Gasteiger charge is 2.32. The quantitative estimate of drug-likeness (QED) is 0.690. The number of fused-ring (bicyclic) bond motifs is 1. The maximum absolute atomic E-state index is 12.9. The Balaban J connectivity index is 1.55. The maximum Gasteiger partial charge on any atom is 0.417 e. The van der Waals surface area contributed by atoms with E-state index in [1.54, 1.807) is 12.1 Å². The lowest BCUT2D eigenvalue weighted by molar-refractivity contribution is -0.138. The van der Waals surface area contributed by atoms with Crippen molar-refractivity contribution in [3.05, 3.63) is 58.0 Å². The minimum atomic E-state index is -4.63. The average molecular weight is 469 g/mol. The molecule has 0 spiro atoms. The second-order valence-electron chi connectivity index (χ2n) is 7.93. The Bertz CT molecular complexity index is 1200. The van der Waals surface area contributed by atoms with Crippen LogP contribution in [0, 0.1) is 0 Å². The number of hydrogen-bond donors (Lipinski definition) is 0. The molecule has 0 saturated carbocycles.